The van der Waals surface area contributed by atoms with Crippen LogP contribution in [0.25, 0.3) is 5.57 Å². The van der Waals surface area contributed by atoms with Crippen molar-refractivity contribution in [3.8, 4) is 11.5 Å². The van der Waals surface area contributed by atoms with Crippen molar-refractivity contribution in [3.63, 3.8) is 0 Å². The van der Waals surface area contributed by atoms with Crippen LogP contribution < -0.4 is 9.47 Å². The van der Waals surface area contributed by atoms with E-state index < -0.39 is 0 Å². The molecule has 30 heavy (non-hydrogen) atoms. The van der Waals surface area contributed by atoms with Crippen LogP contribution in [0.15, 0.2) is 48.5 Å². The molecular weight excluding hydrogens is 402 g/mol. The zero-order valence-electron chi connectivity index (χ0n) is 17.9. The fourth-order valence-electron chi connectivity index (χ4n) is 3.21. The molecule has 1 heterocycles. The highest BCUT2D eigenvalue weighted by Gasteiger charge is 2.19. The van der Waals surface area contributed by atoms with Gasteiger partial charge in [0.2, 0.25) is 5.91 Å². The van der Waals surface area contributed by atoms with Crippen molar-refractivity contribution in [2.75, 3.05) is 33.4 Å². The van der Waals surface area contributed by atoms with Crippen LogP contribution in [0.1, 0.15) is 31.9 Å². The van der Waals surface area contributed by atoms with E-state index in [9.17, 15) is 4.79 Å². The van der Waals surface area contributed by atoms with Crippen molar-refractivity contribution in [2.24, 2.45) is 0 Å². The Labute approximate surface area is 183 Å². The Morgan fingerprint density at radius 3 is 2.27 bits per heavy atom. The Morgan fingerprint density at radius 1 is 1.03 bits per heavy atom. The fourth-order valence-corrected chi connectivity index (χ4v) is 3.34. The minimum Gasteiger partial charge on any atom is -0.493 e. The lowest BCUT2D eigenvalue weighted by Gasteiger charge is -2.26. The van der Waals surface area contributed by atoms with Gasteiger partial charge in [0.25, 0.3) is 0 Å². The van der Waals surface area contributed by atoms with Gasteiger partial charge in [-0.1, -0.05) is 29.8 Å². The molecule has 0 aliphatic carbocycles. The molecule has 160 valence electrons. The average molecular weight is 430 g/mol. The summed E-state index contributed by atoms with van der Waals surface area (Å²) in [4.78, 5) is 14.7. The Kier molecular flexibility index (Phi) is 7.06. The Morgan fingerprint density at radius 2 is 1.67 bits per heavy atom. The maximum Gasteiger partial charge on any atom is 0.247 e. The fraction of sp³-hybridized carbons (Fsp3) is 0.375. The SMILES string of the molecule is COc1cc(/C(=C\C(=O)N2CCOCC2)c2ccc(Cl)cc2)ccc1OC(C)(C)C. The molecule has 0 aromatic heterocycles. The molecule has 0 saturated carbocycles. The highest BCUT2D eigenvalue weighted by molar-refractivity contribution is 6.30. The Bertz CT molecular complexity index is 910. The summed E-state index contributed by atoms with van der Waals surface area (Å²) in [6, 6.07) is 13.2. The molecule has 1 aliphatic rings. The number of carbonyl (C=O) groups excluding carboxylic acids is 1. The van der Waals surface area contributed by atoms with Crippen LogP contribution in [0.3, 0.4) is 0 Å². The average Bonchev–Trinajstić information content (AvgIpc) is 2.72. The van der Waals surface area contributed by atoms with Crippen molar-refractivity contribution in [1.29, 1.82) is 0 Å². The van der Waals surface area contributed by atoms with Gasteiger partial charge in [0, 0.05) is 24.2 Å². The molecule has 0 unspecified atom stereocenters. The number of hydrogen-bond donors (Lipinski definition) is 0. The van der Waals surface area contributed by atoms with Gasteiger partial charge in [-0.05, 0) is 61.7 Å². The zero-order chi connectivity index (χ0) is 21.7. The minimum atomic E-state index is -0.351. The molecule has 0 bridgehead atoms. The molecular formula is C24H28ClNO4. The quantitative estimate of drug-likeness (QED) is 0.639. The lowest BCUT2D eigenvalue weighted by atomic mass is 9.96. The van der Waals surface area contributed by atoms with Crippen molar-refractivity contribution in [2.45, 2.75) is 26.4 Å². The predicted molar refractivity (Wildman–Crippen MR) is 119 cm³/mol. The van der Waals surface area contributed by atoms with Crippen molar-refractivity contribution >= 4 is 23.1 Å². The van der Waals surface area contributed by atoms with Crippen molar-refractivity contribution < 1.29 is 19.0 Å². The number of halogens is 1. The van der Waals surface area contributed by atoms with E-state index in [1.165, 1.54) is 0 Å². The maximum absolute atomic E-state index is 12.9. The van der Waals surface area contributed by atoms with Gasteiger partial charge in [-0.25, -0.2) is 0 Å². The summed E-state index contributed by atoms with van der Waals surface area (Å²) >= 11 is 6.07. The molecule has 0 spiro atoms. The van der Waals surface area contributed by atoms with E-state index >= 15 is 0 Å². The second kappa shape index (κ2) is 9.54. The van der Waals surface area contributed by atoms with Crippen LogP contribution in [0, 0.1) is 0 Å². The predicted octanol–water partition coefficient (Wildman–Crippen LogP) is 4.82. The van der Waals surface area contributed by atoms with Gasteiger partial charge >= 0.3 is 0 Å². The molecule has 0 N–H and O–H groups in total. The molecule has 1 saturated heterocycles. The summed E-state index contributed by atoms with van der Waals surface area (Å²) in [6.45, 7) is 8.25. The molecule has 5 nitrogen and oxygen atoms in total. The minimum absolute atomic E-state index is 0.0442. The highest BCUT2D eigenvalue weighted by Crippen LogP contribution is 2.35. The number of morpholine rings is 1. The number of benzene rings is 2. The molecule has 2 aromatic carbocycles. The lowest BCUT2D eigenvalue weighted by molar-refractivity contribution is -0.129. The topological polar surface area (TPSA) is 48.0 Å². The van der Waals surface area contributed by atoms with E-state index in [4.69, 9.17) is 25.8 Å². The molecule has 1 amide bonds. The maximum atomic E-state index is 12.9. The summed E-state index contributed by atoms with van der Waals surface area (Å²) in [5.74, 6) is 1.22. The number of carbonyl (C=O) groups is 1. The number of ether oxygens (including phenoxy) is 3. The third-order valence-electron chi connectivity index (χ3n) is 4.64. The molecule has 3 rings (SSSR count). The van der Waals surface area contributed by atoms with Gasteiger partial charge in [0.05, 0.1) is 20.3 Å². The summed E-state index contributed by atoms with van der Waals surface area (Å²) in [5.41, 5.74) is 2.20. The Balaban J connectivity index is 2.02. The molecule has 1 aliphatic heterocycles. The van der Waals surface area contributed by atoms with Crippen LogP contribution >= 0.6 is 11.6 Å². The van der Waals surface area contributed by atoms with Crippen LogP contribution in [-0.2, 0) is 9.53 Å². The van der Waals surface area contributed by atoms with Gasteiger partial charge in [0.15, 0.2) is 11.5 Å². The normalized spacial score (nSPS) is 15.1. The summed E-state index contributed by atoms with van der Waals surface area (Å²) in [5, 5.41) is 0.643. The number of nitrogens with zero attached hydrogens (tertiary/aromatic N) is 1. The second-order valence-corrected chi connectivity index (χ2v) is 8.52. The van der Waals surface area contributed by atoms with Gasteiger partial charge in [-0.15, -0.1) is 0 Å². The number of hydrogen-bond acceptors (Lipinski definition) is 4. The molecule has 0 radical (unpaired) electrons. The smallest absolute Gasteiger partial charge is 0.247 e. The van der Waals surface area contributed by atoms with E-state index in [2.05, 4.69) is 0 Å². The first kappa shape index (κ1) is 22.2. The standard InChI is InChI=1S/C24H28ClNO4/c1-24(2,3)30-21-10-7-18(15-22(21)28-4)20(17-5-8-19(25)9-6-17)16-23(27)26-11-13-29-14-12-26/h5-10,15-16H,11-14H2,1-4H3/b20-16-. The largest absolute Gasteiger partial charge is 0.493 e. The molecule has 1 fully saturated rings. The van der Waals surface area contributed by atoms with Gasteiger partial charge in [-0.3, -0.25) is 4.79 Å². The van der Waals surface area contributed by atoms with Crippen LogP contribution in [0.5, 0.6) is 11.5 Å². The number of amides is 1. The highest BCUT2D eigenvalue weighted by atomic mass is 35.5. The summed E-state index contributed by atoms with van der Waals surface area (Å²) < 4.78 is 16.9. The van der Waals surface area contributed by atoms with Gasteiger partial charge in [0.1, 0.15) is 5.60 Å². The summed E-state index contributed by atoms with van der Waals surface area (Å²) in [6.07, 6.45) is 1.67. The van der Waals surface area contributed by atoms with Gasteiger partial charge in [-0.2, -0.15) is 0 Å². The van der Waals surface area contributed by atoms with Gasteiger partial charge < -0.3 is 19.1 Å². The van der Waals surface area contributed by atoms with Crippen molar-refractivity contribution in [1.82, 2.24) is 4.90 Å². The summed E-state index contributed by atoms with van der Waals surface area (Å²) in [7, 11) is 1.61. The first-order valence-electron chi connectivity index (χ1n) is 9.98. The van der Waals surface area contributed by atoms with E-state index in [0.717, 1.165) is 16.7 Å². The number of methoxy groups -OCH3 is 1. The second-order valence-electron chi connectivity index (χ2n) is 8.08. The van der Waals surface area contributed by atoms with Crippen LogP contribution in [0.2, 0.25) is 5.02 Å². The first-order chi connectivity index (χ1) is 14.3. The van der Waals surface area contributed by atoms with Crippen molar-refractivity contribution in [3.05, 3.63) is 64.7 Å². The molecule has 6 heteroatoms. The third kappa shape index (κ3) is 5.77. The molecule has 2 aromatic rings. The van der Waals surface area contributed by atoms with Crippen LogP contribution in [0.4, 0.5) is 0 Å². The monoisotopic (exact) mass is 429 g/mol. The zero-order valence-corrected chi connectivity index (χ0v) is 18.7. The van der Waals surface area contributed by atoms with E-state index in [-0.39, 0.29) is 11.5 Å². The van der Waals surface area contributed by atoms with Crippen LogP contribution in [-0.4, -0.2) is 49.8 Å². The van der Waals surface area contributed by atoms with E-state index in [1.54, 1.807) is 18.1 Å². The Hall–Kier alpha value is -2.50. The van der Waals surface area contributed by atoms with E-state index in [0.29, 0.717) is 42.8 Å². The lowest BCUT2D eigenvalue weighted by Crippen LogP contribution is -2.39. The van der Waals surface area contributed by atoms with E-state index in [1.807, 2.05) is 63.2 Å². The third-order valence-corrected chi connectivity index (χ3v) is 4.89. The molecule has 0 atom stereocenters. The first-order valence-corrected chi connectivity index (χ1v) is 10.4. The number of rotatable bonds is 5.